The lowest BCUT2D eigenvalue weighted by Gasteiger charge is -2.42. The summed E-state index contributed by atoms with van der Waals surface area (Å²) in [6.07, 6.45) is 2.86. The molecule has 2 aliphatic rings. The minimum Gasteiger partial charge on any atom is -0.385 e. The summed E-state index contributed by atoms with van der Waals surface area (Å²) in [5.74, 6) is 1.20. The van der Waals surface area contributed by atoms with Crippen LogP contribution in [0.25, 0.3) is 28.0 Å². The quantitative estimate of drug-likeness (QED) is 0.589. The number of pyridine rings is 1. The van der Waals surface area contributed by atoms with E-state index in [0.29, 0.717) is 17.8 Å². The number of nitrogens with two attached hydrogens (primary N) is 1. The largest absolute Gasteiger partial charge is 0.385 e. The molecule has 2 aliphatic heterocycles. The van der Waals surface area contributed by atoms with Crippen molar-refractivity contribution in [2.24, 2.45) is 5.92 Å². The molecule has 3 heterocycles. The fraction of sp³-hybridized carbons (Fsp3) is 0.345. The van der Waals surface area contributed by atoms with Gasteiger partial charge in [-0.1, -0.05) is 50.8 Å². The number of aromatic nitrogens is 1. The molecule has 176 valence electrons. The highest BCUT2D eigenvalue weighted by Gasteiger charge is 2.26. The van der Waals surface area contributed by atoms with Crippen LogP contribution in [-0.2, 0) is 6.42 Å². The van der Waals surface area contributed by atoms with Gasteiger partial charge < -0.3 is 16.0 Å². The molecule has 5 nitrogen and oxygen atoms in total. The van der Waals surface area contributed by atoms with E-state index in [1.807, 2.05) is 6.20 Å². The second-order valence-electron chi connectivity index (χ2n) is 9.97. The second kappa shape index (κ2) is 9.15. The third kappa shape index (κ3) is 4.28. The van der Waals surface area contributed by atoms with Gasteiger partial charge in [-0.2, -0.15) is 0 Å². The van der Waals surface area contributed by atoms with Crippen LogP contribution in [0.2, 0.25) is 0 Å². The van der Waals surface area contributed by atoms with E-state index in [9.17, 15) is 0 Å². The Bertz CT molecular complexity index is 1200. The summed E-state index contributed by atoms with van der Waals surface area (Å²) in [5.41, 5.74) is 15.4. The van der Waals surface area contributed by atoms with Crippen molar-refractivity contribution < 1.29 is 0 Å². The Morgan fingerprint density at radius 1 is 1.00 bits per heavy atom. The van der Waals surface area contributed by atoms with Gasteiger partial charge in [0.25, 0.3) is 0 Å². The number of nitrogen functional groups attached to an aromatic ring is 1. The maximum atomic E-state index is 6.32. The van der Waals surface area contributed by atoms with E-state index in [1.54, 1.807) is 0 Å². The SMILES string of the molecule is C=C1NCCc2cc(-c3cc(-c4ccc(N5CCN(C)C(C(C)C)C5)cc4)cnc3N)ccc21. The van der Waals surface area contributed by atoms with Gasteiger partial charge in [-0.25, -0.2) is 4.98 Å². The minimum absolute atomic E-state index is 0.560. The van der Waals surface area contributed by atoms with Gasteiger partial charge in [-0.3, -0.25) is 4.90 Å². The maximum absolute atomic E-state index is 6.32. The molecule has 1 fully saturated rings. The molecule has 5 rings (SSSR count). The van der Waals surface area contributed by atoms with E-state index in [4.69, 9.17) is 5.73 Å². The Morgan fingerprint density at radius 2 is 1.76 bits per heavy atom. The first-order chi connectivity index (χ1) is 16.4. The van der Waals surface area contributed by atoms with Gasteiger partial charge in [0.1, 0.15) is 5.82 Å². The van der Waals surface area contributed by atoms with E-state index in [1.165, 1.54) is 16.8 Å². The molecule has 0 saturated carbocycles. The van der Waals surface area contributed by atoms with Crippen LogP contribution in [0.3, 0.4) is 0 Å². The van der Waals surface area contributed by atoms with E-state index < -0.39 is 0 Å². The predicted molar refractivity (Wildman–Crippen MR) is 144 cm³/mol. The van der Waals surface area contributed by atoms with E-state index in [-0.39, 0.29) is 0 Å². The van der Waals surface area contributed by atoms with E-state index >= 15 is 0 Å². The molecule has 1 saturated heterocycles. The van der Waals surface area contributed by atoms with Gasteiger partial charge in [-0.05, 0) is 54.3 Å². The number of piperazine rings is 1. The van der Waals surface area contributed by atoms with E-state index in [0.717, 1.165) is 60.6 Å². The monoisotopic (exact) mass is 453 g/mol. The van der Waals surface area contributed by atoms with Crippen LogP contribution in [0.4, 0.5) is 11.5 Å². The summed E-state index contributed by atoms with van der Waals surface area (Å²) < 4.78 is 0. The van der Waals surface area contributed by atoms with Crippen molar-refractivity contribution in [1.29, 1.82) is 0 Å². The Labute approximate surface area is 203 Å². The van der Waals surface area contributed by atoms with Crippen molar-refractivity contribution in [1.82, 2.24) is 15.2 Å². The number of nitrogens with one attached hydrogen (secondary N) is 1. The Balaban J connectivity index is 1.40. The smallest absolute Gasteiger partial charge is 0.131 e. The second-order valence-corrected chi connectivity index (χ2v) is 9.97. The number of fused-ring (bicyclic) bond motifs is 1. The number of benzene rings is 2. The van der Waals surface area contributed by atoms with Crippen molar-refractivity contribution in [3.8, 4) is 22.3 Å². The highest BCUT2D eigenvalue weighted by atomic mass is 15.3. The maximum Gasteiger partial charge on any atom is 0.131 e. The fourth-order valence-corrected chi connectivity index (χ4v) is 5.29. The van der Waals surface area contributed by atoms with Crippen LogP contribution in [0, 0.1) is 5.92 Å². The zero-order valence-electron chi connectivity index (χ0n) is 20.5. The highest BCUT2D eigenvalue weighted by Crippen LogP contribution is 2.33. The molecule has 3 aromatic rings. The third-order valence-electron chi connectivity index (χ3n) is 7.42. The number of nitrogens with zero attached hydrogens (tertiary/aromatic N) is 3. The van der Waals surface area contributed by atoms with Gasteiger partial charge >= 0.3 is 0 Å². The standard InChI is InChI=1S/C29H35N5/c1-19(2)28-18-34(14-13-33(28)4)25-8-5-21(6-9-25)24-16-27(29(30)32-17-24)22-7-10-26-20(3)31-12-11-23(26)15-22/h5-10,15-17,19,28,31H,3,11-14,18H2,1-2,4H3,(H2,30,32). The summed E-state index contributed by atoms with van der Waals surface area (Å²) in [7, 11) is 2.24. The number of rotatable bonds is 4. The van der Waals surface area contributed by atoms with E-state index in [2.05, 4.69) is 96.1 Å². The molecule has 34 heavy (non-hydrogen) atoms. The molecule has 3 N–H and O–H groups in total. The van der Waals surface area contributed by atoms with Gasteiger partial charge in [0.15, 0.2) is 0 Å². The molecule has 0 spiro atoms. The summed E-state index contributed by atoms with van der Waals surface area (Å²) in [6.45, 7) is 12.9. The summed E-state index contributed by atoms with van der Waals surface area (Å²) in [4.78, 5) is 9.54. The topological polar surface area (TPSA) is 57.4 Å². The molecule has 1 atom stereocenters. The van der Waals surface area contributed by atoms with Crippen molar-refractivity contribution in [2.75, 3.05) is 43.9 Å². The van der Waals surface area contributed by atoms with Gasteiger partial charge in [0.2, 0.25) is 0 Å². The van der Waals surface area contributed by atoms with Crippen molar-refractivity contribution >= 4 is 17.2 Å². The minimum atomic E-state index is 0.560. The normalized spacial score (nSPS) is 18.6. The molecule has 5 heteroatoms. The lowest BCUT2D eigenvalue weighted by molar-refractivity contribution is 0.173. The molecular weight excluding hydrogens is 418 g/mol. The molecule has 2 aromatic carbocycles. The number of anilines is 2. The zero-order valence-corrected chi connectivity index (χ0v) is 20.5. The average Bonchev–Trinajstić information content (AvgIpc) is 2.84. The molecule has 0 radical (unpaired) electrons. The highest BCUT2D eigenvalue weighted by molar-refractivity contribution is 5.81. The Kier molecular flexibility index (Phi) is 6.05. The number of hydrogen-bond acceptors (Lipinski definition) is 5. The third-order valence-corrected chi connectivity index (χ3v) is 7.42. The molecule has 0 aliphatic carbocycles. The van der Waals surface area contributed by atoms with Gasteiger partial charge in [0.05, 0.1) is 0 Å². The molecule has 0 bridgehead atoms. The molecule has 1 unspecified atom stereocenters. The van der Waals surface area contributed by atoms with Crippen molar-refractivity contribution in [2.45, 2.75) is 26.3 Å². The zero-order chi connectivity index (χ0) is 23.8. The number of hydrogen-bond donors (Lipinski definition) is 2. The first-order valence-electron chi connectivity index (χ1n) is 12.3. The van der Waals surface area contributed by atoms with Gasteiger partial charge in [0, 0.05) is 66.5 Å². The van der Waals surface area contributed by atoms with Crippen LogP contribution in [0.1, 0.15) is 25.0 Å². The Hall–Kier alpha value is -3.31. The summed E-state index contributed by atoms with van der Waals surface area (Å²) >= 11 is 0. The molecular formula is C29H35N5. The molecule has 1 aromatic heterocycles. The summed E-state index contributed by atoms with van der Waals surface area (Å²) in [6, 6.07) is 18.1. The summed E-state index contributed by atoms with van der Waals surface area (Å²) in [5, 5.41) is 3.34. The van der Waals surface area contributed by atoms with Crippen LogP contribution in [0.15, 0.2) is 61.3 Å². The lowest BCUT2D eigenvalue weighted by atomic mass is 9.93. The van der Waals surface area contributed by atoms with Gasteiger partial charge in [-0.15, -0.1) is 0 Å². The lowest BCUT2D eigenvalue weighted by Crippen LogP contribution is -2.53. The first kappa shape index (κ1) is 22.5. The first-order valence-corrected chi connectivity index (χ1v) is 12.3. The molecule has 0 amide bonds. The van der Waals surface area contributed by atoms with Crippen molar-refractivity contribution in [3.63, 3.8) is 0 Å². The number of likely N-dealkylation sites (N-methyl/N-ethyl adjacent to an activating group) is 1. The fourth-order valence-electron chi connectivity index (χ4n) is 5.29. The predicted octanol–water partition coefficient (Wildman–Crippen LogP) is 4.89. The van der Waals surface area contributed by atoms with Crippen LogP contribution >= 0.6 is 0 Å². The Morgan fingerprint density at radius 3 is 2.53 bits per heavy atom. The van der Waals surface area contributed by atoms with Crippen LogP contribution < -0.4 is 16.0 Å². The average molecular weight is 454 g/mol. The van der Waals surface area contributed by atoms with Crippen LogP contribution in [0.5, 0.6) is 0 Å². The van der Waals surface area contributed by atoms with Crippen LogP contribution in [-0.4, -0.2) is 49.2 Å². The van der Waals surface area contributed by atoms with Crippen molar-refractivity contribution in [3.05, 3.63) is 72.4 Å².